The van der Waals surface area contributed by atoms with Crippen molar-refractivity contribution in [2.75, 3.05) is 7.11 Å². The van der Waals surface area contributed by atoms with E-state index in [0.29, 0.717) is 0 Å². The molecule has 0 radical (unpaired) electrons. The lowest BCUT2D eigenvalue weighted by Gasteiger charge is -1.98. The molecule has 3 heteroatoms. The lowest BCUT2D eigenvalue weighted by atomic mass is 10.3. The molecule has 0 saturated heterocycles. The van der Waals surface area contributed by atoms with E-state index < -0.39 is 0 Å². The van der Waals surface area contributed by atoms with Crippen molar-refractivity contribution >= 4 is 22.5 Å². The molecule has 0 aromatic heterocycles. The standard InChI is InChI=1S/C7H8OS2/c1-8-6-2-4-7(10-9)5-3-6/h2-5,9H,1H3. The van der Waals surface area contributed by atoms with E-state index in [9.17, 15) is 0 Å². The number of hydrogen-bond donors (Lipinski definition) is 1. The first-order chi connectivity index (χ1) is 4.86. The summed E-state index contributed by atoms with van der Waals surface area (Å²) in [6.45, 7) is 0. The maximum atomic E-state index is 4.98. The molecule has 10 heavy (non-hydrogen) atoms. The SMILES string of the molecule is COc1ccc(SS)cc1. The van der Waals surface area contributed by atoms with Crippen LogP contribution in [-0.2, 0) is 0 Å². The summed E-state index contributed by atoms with van der Waals surface area (Å²) in [4.78, 5) is 1.13. The molecule has 1 rings (SSSR count). The van der Waals surface area contributed by atoms with Crippen LogP contribution in [0.4, 0.5) is 0 Å². The maximum Gasteiger partial charge on any atom is 0.118 e. The minimum Gasteiger partial charge on any atom is -0.497 e. The normalized spacial score (nSPS) is 9.40. The van der Waals surface area contributed by atoms with Gasteiger partial charge in [0.05, 0.1) is 7.11 Å². The van der Waals surface area contributed by atoms with Gasteiger partial charge in [0.15, 0.2) is 0 Å². The van der Waals surface area contributed by atoms with Crippen molar-refractivity contribution in [2.24, 2.45) is 0 Å². The highest BCUT2D eigenvalue weighted by atomic mass is 33.1. The molecule has 0 amide bonds. The van der Waals surface area contributed by atoms with E-state index in [0.717, 1.165) is 10.6 Å². The number of benzene rings is 1. The zero-order chi connectivity index (χ0) is 7.40. The Labute approximate surface area is 69.6 Å². The van der Waals surface area contributed by atoms with E-state index in [-0.39, 0.29) is 0 Å². The van der Waals surface area contributed by atoms with Gasteiger partial charge in [-0.3, -0.25) is 0 Å². The molecule has 0 spiro atoms. The van der Waals surface area contributed by atoms with Gasteiger partial charge in [-0.15, -0.1) is 11.7 Å². The summed E-state index contributed by atoms with van der Waals surface area (Å²) in [7, 11) is 3.08. The van der Waals surface area contributed by atoms with Crippen LogP contribution < -0.4 is 4.74 Å². The molecule has 0 heterocycles. The van der Waals surface area contributed by atoms with Crippen LogP contribution in [0, 0.1) is 0 Å². The predicted molar refractivity (Wildman–Crippen MR) is 47.8 cm³/mol. The molecule has 1 aromatic rings. The average Bonchev–Trinajstić information content (AvgIpc) is 2.05. The van der Waals surface area contributed by atoms with E-state index in [1.165, 1.54) is 10.8 Å². The van der Waals surface area contributed by atoms with Crippen LogP contribution in [0.2, 0.25) is 0 Å². The minimum absolute atomic E-state index is 0.881. The Hall–Kier alpha value is -0.280. The molecule has 0 saturated carbocycles. The topological polar surface area (TPSA) is 9.23 Å². The van der Waals surface area contributed by atoms with Gasteiger partial charge in [-0.05, 0) is 24.3 Å². The predicted octanol–water partition coefficient (Wildman–Crippen LogP) is 2.63. The first kappa shape index (κ1) is 7.82. The largest absolute Gasteiger partial charge is 0.497 e. The third-order valence-electron chi connectivity index (χ3n) is 1.16. The fraction of sp³-hybridized carbons (Fsp3) is 0.143. The first-order valence-corrected chi connectivity index (χ1v) is 4.69. The van der Waals surface area contributed by atoms with Crippen molar-refractivity contribution in [1.82, 2.24) is 0 Å². The molecular weight excluding hydrogens is 164 g/mol. The highest BCUT2D eigenvalue weighted by Crippen LogP contribution is 2.23. The number of thiol groups is 1. The zero-order valence-electron chi connectivity index (χ0n) is 5.57. The molecule has 0 aliphatic carbocycles. The van der Waals surface area contributed by atoms with Crippen molar-refractivity contribution in [3.63, 3.8) is 0 Å². The van der Waals surface area contributed by atoms with Crippen LogP contribution in [-0.4, -0.2) is 7.11 Å². The van der Waals surface area contributed by atoms with Crippen LogP contribution in [0.15, 0.2) is 29.2 Å². The van der Waals surface area contributed by atoms with Crippen molar-refractivity contribution in [1.29, 1.82) is 0 Å². The molecule has 0 fully saturated rings. The first-order valence-electron chi connectivity index (χ1n) is 2.82. The number of methoxy groups -OCH3 is 1. The summed E-state index contributed by atoms with van der Waals surface area (Å²) in [6.07, 6.45) is 0. The molecule has 1 nitrogen and oxygen atoms in total. The Morgan fingerprint density at radius 3 is 2.30 bits per heavy atom. The van der Waals surface area contributed by atoms with Crippen LogP contribution >= 0.6 is 22.5 Å². The summed E-state index contributed by atoms with van der Waals surface area (Å²) in [5.41, 5.74) is 0. The Kier molecular flexibility index (Phi) is 2.96. The molecule has 54 valence electrons. The third kappa shape index (κ3) is 1.85. The smallest absolute Gasteiger partial charge is 0.118 e. The van der Waals surface area contributed by atoms with Gasteiger partial charge in [0.1, 0.15) is 5.75 Å². The summed E-state index contributed by atoms with van der Waals surface area (Å²) in [5.74, 6) is 0.881. The number of hydrogen-bond acceptors (Lipinski definition) is 3. The Morgan fingerprint density at radius 2 is 1.90 bits per heavy atom. The fourth-order valence-electron chi connectivity index (χ4n) is 0.637. The molecule has 0 aliphatic rings. The lowest BCUT2D eigenvalue weighted by Crippen LogP contribution is -1.80. The molecule has 0 unspecified atom stereocenters. The summed E-state index contributed by atoms with van der Waals surface area (Å²) < 4.78 is 4.98. The zero-order valence-corrected chi connectivity index (χ0v) is 7.28. The van der Waals surface area contributed by atoms with Gasteiger partial charge in [-0.25, -0.2) is 0 Å². The van der Waals surface area contributed by atoms with Gasteiger partial charge in [0, 0.05) is 4.90 Å². The average molecular weight is 172 g/mol. The maximum absolute atomic E-state index is 4.98. The van der Waals surface area contributed by atoms with Crippen molar-refractivity contribution in [2.45, 2.75) is 4.90 Å². The molecule has 0 aliphatic heterocycles. The van der Waals surface area contributed by atoms with E-state index in [4.69, 9.17) is 4.74 Å². The summed E-state index contributed by atoms with van der Waals surface area (Å²) in [6, 6.07) is 7.77. The Balaban J connectivity index is 2.80. The molecule has 1 aromatic carbocycles. The summed E-state index contributed by atoms with van der Waals surface area (Å²) >= 11 is 4.05. The molecule has 0 atom stereocenters. The van der Waals surface area contributed by atoms with Gasteiger partial charge < -0.3 is 4.74 Å². The molecule has 0 N–H and O–H groups in total. The van der Waals surface area contributed by atoms with Crippen LogP contribution in [0.1, 0.15) is 0 Å². The third-order valence-corrected chi connectivity index (χ3v) is 2.28. The number of ether oxygens (including phenoxy) is 1. The molecule has 0 bridgehead atoms. The van der Waals surface area contributed by atoms with E-state index in [1.807, 2.05) is 24.3 Å². The number of rotatable bonds is 2. The molecular formula is C7H8OS2. The van der Waals surface area contributed by atoms with Crippen molar-refractivity contribution < 1.29 is 4.74 Å². The fourth-order valence-corrected chi connectivity index (χ4v) is 1.26. The second-order valence-electron chi connectivity index (χ2n) is 1.77. The highest BCUT2D eigenvalue weighted by Gasteiger charge is 1.90. The quantitative estimate of drug-likeness (QED) is 0.542. The van der Waals surface area contributed by atoms with Gasteiger partial charge in [-0.1, -0.05) is 10.8 Å². The summed E-state index contributed by atoms with van der Waals surface area (Å²) in [5, 5.41) is 0. The van der Waals surface area contributed by atoms with Crippen LogP contribution in [0.25, 0.3) is 0 Å². The van der Waals surface area contributed by atoms with Crippen molar-refractivity contribution in [3.8, 4) is 5.75 Å². The Bertz CT molecular complexity index is 172. The highest BCUT2D eigenvalue weighted by molar-refractivity contribution is 8.68. The lowest BCUT2D eigenvalue weighted by molar-refractivity contribution is 0.414. The second kappa shape index (κ2) is 3.78. The van der Waals surface area contributed by atoms with E-state index in [1.54, 1.807) is 7.11 Å². The minimum atomic E-state index is 0.881. The second-order valence-corrected chi connectivity index (χ2v) is 2.97. The van der Waals surface area contributed by atoms with E-state index in [2.05, 4.69) is 11.7 Å². The monoisotopic (exact) mass is 172 g/mol. The van der Waals surface area contributed by atoms with Gasteiger partial charge >= 0.3 is 0 Å². The van der Waals surface area contributed by atoms with Crippen molar-refractivity contribution in [3.05, 3.63) is 24.3 Å². The Morgan fingerprint density at radius 1 is 1.30 bits per heavy atom. The van der Waals surface area contributed by atoms with Gasteiger partial charge in [0.2, 0.25) is 0 Å². The van der Waals surface area contributed by atoms with Crippen LogP contribution in [0.5, 0.6) is 5.75 Å². The van der Waals surface area contributed by atoms with Gasteiger partial charge in [0.25, 0.3) is 0 Å². The van der Waals surface area contributed by atoms with Gasteiger partial charge in [-0.2, -0.15) is 0 Å². The van der Waals surface area contributed by atoms with Crippen LogP contribution in [0.3, 0.4) is 0 Å². The van der Waals surface area contributed by atoms with E-state index >= 15 is 0 Å².